The molecule has 0 spiro atoms. The third-order valence-electron chi connectivity index (χ3n) is 9.67. The smallest absolute Gasteiger partial charge is 0.394 e. The van der Waals surface area contributed by atoms with Gasteiger partial charge in [-0.2, -0.15) is 18.2 Å². The Labute approximate surface area is 396 Å². The number of H-pyrrole nitrogens is 3. The van der Waals surface area contributed by atoms with Crippen molar-refractivity contribution in [2.24, 2.45) is 21.1 Å². The van der Waals surface area contributed by atoms with Gasteiger partial charge < -0.3 is 83.2 Å². The Bertz CT molecular complexity index is 2920. The van der Waals surface area contributed by atoms with Crippen LogP contribution in [0.1, 0.15) is 29.6 Å². The van der Waals surface area contributed by atoms with Crippen LogP contribution in [0.15, 0.2) is 47.5 Å². The number of phosphoric ester groups is 1. The summed E-state index contributed by atoms with van der Waals surface area (Å²) in [6.07, 6.45) is -17.0. The van der Waals surface area contributed by atoms with Crippen molar-refractivity contribution in [3.63, 3.8) is 0 Å². The van der Waals surface area contributed by atoms with Crippen molar-refractivity contribution >= 4 is 52.0 Å². The average Bonchev–Trinajstić information content (AvgIpc) is 3.79. The molecule has 6 heterocycles. The number of hydrogen-bond acceptors (Lipinski definition) is 24. The van der Waals surface area contributed by atoms with Crippen LogP contribution in [0, 0.1) is 0 Å². The van der Waals surface area contributed by atoms with Crippen molar-refractivity contribution in [3.05, 3.63) is 92.5 Å². The molecule has 14 atom stereocenters. The first-order valence-corrected chi connectivity index (χ1v) is 26.9. The average molecular weight is 1130 g/mol. The van der Waals surface area contributed by atoms with Crippen molar-refractivity contribution in [1.29, 1.82) is 0 Å². The first kappa shape index (κ1) is 59.3. The van der Waals surface area contributed by atoms with Crippen molar-refractivity contribution < 1.29 is 110 Å². The Morgan fingerprint density at radius 2 is 1.07 bits per heavy atom. The second-order valence-corrected chi connectivity index (χ2v) is 23.5. The summed E-state index contributed by atoms with van der Waals surface area (Å²) < 4.78 is 80.2. The number of hydrogen-bond donors (Lipinski definition) is 14. The molecular formula is C29H44Cl2N7O28P4+. The molecule has 6 rings (SSSR count). The summed E-state index contributed by atoms with van der Waals surface area (Å²) in [6, 6.07) is 0. The van der Waals surface area contributed by atoms with Gasteiger partial charge in [-0.05, 0) is 22.5 Å². The molecule has 3 aromatic rings. The number of nitrogens with one attached hydrogen (secondary N) is 3. The Hall–Kier alpha value is -3.25. The van der Waals surface area contributed by atoms with Crippen LogP contribution in [0.5, 0.6) is 0 Å². The van der Waals surface area contributed by atoms with E-state index in [-0.39, 0.29) is 11.1 Å². The standard InChI is InChI=1S/C10H13Cl2N2O7P.C10H14N2O6.C9H16N3O15P3/c1-14-2-4(9(17)13-10(14)18)8-7(16)6(15)5(21-8)3-20-22(11,12)19;1-12-2-4(9(16)11-10(12)17)8-7(15)6(14)5(3-13)18-8;1-11-3-12(9(16)10-8(11)15)7-6(14)5(13)4(25-7)2-24-29(20,21)27-30(22,23)26-28(17,18)19/h2,5-8,15-16H,3H2,1H3,(H,13,17,18);2,5-8,13-15H,3H2,1H3,(H,11,16,17);3-7,13-14H,2H2,1H3,(H4-,10,15,16,17,18,19,20,21,22,23)/p+1/t2*5-,6?,7+,8+;4-,5?,6+,7-/m111/s1. The second kappa shape index (κ2) is 23.3. The summed E-state index contributed by atoms with van der Waals surface area (Å²) >= 11 is 10.4. The van der Waals surface area contributed by atoms with Gasteiger partial charge >= 0.3 is 52.3 Å². The predicted molar refractivity (Wildman–Crippen MR) is 224 cm³/mol. The number of ether oxygens (including phenoxy) is 3. The summed E-state index contributed by atoms with van der Waals surface area (Å²) in [6.45, 7) is -1.97. The molecule has 14 N–H and O–H groups in total. The summed E-state index contributed by atoms with van der Waals surface area (Å²) in [4.78, 5) is 111. The SMILES string of the molecule is C[n+]1cn([C@@H]2O[C@H](COP(=O)(O)OP(=O)(O)OP(=O)(O)O)C(O)[C@@H]2O)c(=O)[nH]c1=O.Cn1cc([C@@H]2O[C@H](CO)C(O)[C@@H]2O)c(=O)[nH]c1=O.Cn1cc([C@@H]2O[C@H](COP(=O)(Cl)Cl)C(O)[C@@H]2O)c(=O)[nH]c1=O. The first-order valence-electron chi connectivity index (χ1n) is 19.0. The highest BCUT2D eigenvalue weighted by Crippen LogP contribution is 2.66. The summed E-state index contributed by atoms with van der Waals surface area (Å²) in [5.74, 6) is 0. The zero-order valence-corrected chi connectivity index (χ0v) is 40.6. The minimum atomic E-state index is -5.74. The number of halogens is 2. The van der Waals surface area contributed by atoms with Crippen LogP contribution in [-0.2, 0) is 71.3 Å². The van der Waals surface area contributed by atoms with E-state index in [9.17, 15) is 82.6 Å². The highest BCUT2D eigenvalue weighted by atomic mass is 35.9. The van der Waals surface area contributed by atoms with Crippen molar-refractivity contribution in [2.75, 3.05) is 19.8 Å². The maximum absolute atomic E-state index is 11.9. The molecule has 396 valence electrons. The first-order chi connectivity index (χ1) is 32.1. The van der Waals surface area contributed by atoms with Crippen molar-refractivity contribution in [1.82, 2.24) is 28.7 Å². The second-order valence-electron chi connectivity index (χ2n) is 14.8. The third kappa shape index (κ3) is 15.4. The third-order valence-corrected chi connectivity index (χ3v) is 14.5. The molecule has 0 aromatic carbocycles. The minimum Gasteiger partial charge on any atom is -0.394 e. The van der Waals surface area contributed by atoms with Crippen LogP contribution < -0.4 is 38.4 Å². The Kier molecular flexibility index (Phi) is 19.8. The normalized spacial score (nSPS) is 29.6. The van der Waals surface area contributed by atoms with E-state index >= 15 is 0 Å². The minimum absolute atomic E-state index is 0.0274. The molecule has 0 radical (unpaired) electrons. The molecule has 3 saturated heterocycles. The molecule has 0 bridgehead atoms. The van der Waals surface area contributed by atoms with Gasteiger partial charge in [0.2, 0.25) is 12.6 Å². The summed E-state index contributed by atoms with van der Waals surface area (Å²) in [5, 5.41) is 68.2. The van der Waals surface area contributed by atoms with Crippen LogP contribution in [0.4, 0.5) is 0 Å². The molecule has 3 aliphatic heterocycles. The van der Waals surface area contributed by atoms with Crippen LogP contribution >= 0.6 is 52.0 Å². The van der Waals surface area contributed by atoms with E-state index in [1.54, 1.807) is 0 Å². The van der Waals surface area contributed by atoms with Gasteiger partial charge in [0.1, 0.15) is 67.1 Å². The quantitative estimate of drug-likeness (QED) is 0.0527. The Morgan fingerprint density at radius 3 is 1.53 bits per heavy atom. The number of aliphatic hydroxyl groups is 7. The fourth-order valence-electron chi connectivity index (χ4n) is 6.32. The van der Waals surface area contributed by atoms with Gasteiger partial charge in [-0.1, -0.05) is 0 Å². The van der Waals surface area contributed by atoms with E-state index in [0.29, 0.717) is 4.57 Å². The maximum Gasteiger partial charge on any atom is 0.490 e. The molecule has 70 heavy (non-hydrogen) atoms. The topological polar surface area (TPSA) is 524 Å². The van der Waals surface area contributed by atoms with Crippen LogP contribution in [0.25, 0.3) is 0 Å². The van der Waals surface area contributed by atoms with E-state index in [1.165, 1.54) is 33.5 Å². The maximum atomic E-state index is 11.9. The number of aliphatic hydroxyl groups excluding tert-OH is 7. The highest BCUT2D eigenvalue weighted by Gasteiger charge is 2.49. The molecule has 0 saturated carbocycles. The van der Waals surface area contributed by atoms with Crippen LogP contribution in [0.2, 0.25) is 0 Å². The predicted octanol–water partition coefficient (Wildman–Crippen LogP) is -6.61. The van der Waals surface area contributed by atoms with Crippen LogP contribution in [0.3, 0.4) is 0 Å². The van der Waals surface area contributed by atoms with E-state index in [1.807, 2.05) is 4.98 Å². The Balaban J connectivity index is 0.000000236. The summed E-state index contributed by atoms with van der Waals surface area (Å²) in [5.41, 5.74) is -4.47. The lowest BCUT2D eigenvalue weighted by Crippen LogP contribution is -2.54. The zero-order chi connectivity index (χ0) is 53.2. The van der Waals surface area contributed by atoms with Gasteiger partial charge in [-0.15, -0.1) is 0 Å². The van der Waals surface area contributed by atoms with Crippen molar-refractivity contribution in [3.8, 4) is 0 Å². The molecule has 41 heteroatoms. The fourth-order valence-corrected chi connectivity index (χ4v) is 10.0. The van der Waals surface area contributed by atoms with Gasteiger partial charge in [0.05, 0.1) is 38.0 Å². The van der Waals surface area contributed by atoms with E-state index in [4.69, 9.17) is 56.5 Å². The number of aromatic nitrogens is 7. The highest BCUT2D eigenvalue weighted by molar-refractivity contribution is 8.05. The largest absolute Gasteiger partial charge is 0.490 e. The lowest BCUT2D eigenvalue weighted by Gasteiger charge is -2.18. The molecule has 3 aromatic heterocycles. The molecule has 5 unspecified atom stereocenters. The molecule has 35 nitrogen and oxygen atoms in total. The number of phosphoric acid groups is 3. The molecular weight excluding hydrogens is 1090 g/mol. The Morgan fingerprint density at radius 1 is 0.629 bits per heavy atom. The number of aromatic amines is 3. The summed E-state index contributed by atoms with van der Waals surface area (Å²) in [7, 11) is -12.7. The van der Waals surface area contributed by atoms with Crippen molar-refractivity contribution in [2.45, 2.75) is 73.4 Å². The monoisotopic (exact) mass is 1130 g/mol. The van der Waals surface area contributed by atoms with E-state index in [0.717, 1.165) is 20.0 Å². The van der Waals surface area contributed by atoms with Gasteiger partial charge in [0, 0.05) is 26.5 Å². The zero-order valence-electron chi connectivity index (χ0n) is 35.5. The van der Waals surface area contributed by atoms with Gasteiger partial charge in [0.15, 0.2) is 0 Å². The lowest BCUT2D eigenvalue weighted by atomic mass is 10.0. The molecule has 3 aliphatic rings. The van der Waals surface area contributed by atoms with Crippen LogP contribution in [-0.4, -0.2) is 159 Å². The van der Waals surface area contributed by atoms with E-state index in [2.05, 4.69) is 27.6 Å². The number of rotatable bonds is 14. The van der Waals surface area contributed by atoms with Gasteiger partial charge in [-0.25, -0.2) is 37.4 Å². The molecule has 0 amide bonds. The van der Waals surface area contributed by atoms with E-state index < -0.39 is 157 Å². The lowest BCUT2D eigenvalue weighted by molar-refractivity contribution is -0.694. The number of nitrogens with zero attached hydrogens (tertiary/aromatic N) is 4. The number of aryl methyl sites for hydroxylation is 3. The van der Waals surface area contributed by atoms with Gasteiger partial charge in [0.25, 0.3) is 11.1 Å². The van der Waals surface area contributed by atoms with Gasteiger partial charge in [-0.3, -0.25) is 28.6 Å². The molecule has 0 aliphatic carbocycles. The fraction of sp³-hybridized carbons (Fsp3) is 0.621. The molecule has 3 fully saturated rings.